The number of likely N-dealkylation sites (tertiary alicyclic amines) is 1. The molecule has 156 valence electrons. The van der Waals surface area contributed by atoms with Crippen LogP contribution in [0.15, 0.2) is 30.5 Å². The van der Waals surface area contributed by atoms with Crippen LogP contribution in [0.1, 0.15) is 53.5 Å². The Balaban J connectivity index is 1.44. The normalized spacial score (nSPS) is 20.6. The summed E-state index contributed by atoms with van der Waals surface area (Å²) < 4.78 is 13.1. The van der Waals surface area contributed by atoms with Crippen molar-refractivity contribution in [2.24, 2.45) is 5.92 Å². The molecule has 1 aromatic carbocycles. The first-order chi connectivity index (χ1) is 14.2. The Kier molecular flexibility index (Phi) is 6.19. The minimum absolute atomic E-state index is 0.115. The molecule has 1 unspecified atom stereocenters. The molecule has 0 radical (unpaired) electrons. The fourth-order valence-electron chi connectivity index (χ4n) is 4.57. The second-order valence-corrected chi connectivity index (χ2v) is 8.24. The highest BCUT2D eigenvalue weighted by molar-refractivity contribution is 5.94. The number of aromatic nitrogens is 2. The van der Waals surface area contributed by atoms with E-state index < -0.39 is 0 Å². The quantitative estimate of drug-likeness (QED) is 0.773. The molecular weight excluding hydrogens is 366 g/mol. The first-order valence-electron chi connectivity index (χ1n) is 10.7. The van der Waals surface area contributed by atoms with Gasteiger partial charge in [0, 0.05) is 56.2 Å². The first kappa shape index (κ1) is 20.0. The number of hydrogen-bond donors (Lipinski definition) is 0. The Morgan fingerprint density at radius 2 is 1.97 bits per heavy atom. The van der Waals surface area contributed by atoms with E-state index in [9.17, 15) is 4.79 Å². The molecule has 4 rings (SSSR count). The Morgan fingerprint density at radius 3 is 2.69 bits per heavy atom. The van der Waals surface area contributed by atoms with Crippen LogP contribution in [0.5, 0.6) is 5.75 Å². The van der Waals surface area contributed by atoms with Gasteiger partial charge in [-0.2, -0.15) is 0 Å². The van der Waals surface area contributed by atoms with Gasteiger partial charge in [-0.1, -0.05) is 0 Å². The van der Waals surface area contributed by atoms with Gasteiger partial charge in [0.05, 0.1) is 7.11 Å². The van der Waals surface area contributed by atoms with Gasteiger partial charge in [0.25, 0.3) is 5.91 Å². The van der Waals surface area contributed by atoms with Gasteiger partial charge in [-0.3, -0.25) is 4.79 Å². The number of methoxy groups -OCH3 is 1. The molecule has 2 fully saturated rings. The van der Waals surface area contributed by atoms with Gasteiger partial charge in [0.15, 0.2) is 0 Å². The zero-order valence-corrected chi connectivity index (χ0v) is 17.5. The maximum atomic E-state index is 13.0. The molecule has 2 aliphatic rings. The Bertz CT molecular complexity index is 824. The number of nitrogens with zero attached hydrogens (tertiary/aromatic N) is 3. The fraction of sp³-hybridized carbons (Fsp3) is 0.565. The van der Waals surface area contributed by atoms with E-state index >= 15 is 0 Å². The van der Waals surface area contributed by atoms with Crippen molar-refractivity contribution in [3.05, 3.63) is 47.5 Å². The van der Waals surface area contributed by atoms with Crippen LogP contribution in [0.4, 0.5) is 0 Å². The number of rotatable bonds is 5. The van der Waals surface area contributed by atoms with Crippen molar-refractivity contribution >= 4 is 5.91 Å². The van der Waals surface area contributed by atoms with Crippen LogP contribution in [-0.4, -0.2) is 53.8 Å². The summed E-state index contributed by atoms with van der Waals surface area (Å²) in [6.07, 6.45) is 6.28. The summed E-state index contributed by atoms with van der Waals surface area (Å²) in [4.78, 5) is 19.7. The van der Waals surface area contributed by atoms with E-state index in [1.165, 1.54) is 11.5 Å². The summed E-state index contributed by atoms with van der Waals surface area (Å²) in [5, 5.41) is 0. The number of amides is 1. The summed E-state index contributed by atoms with van der Waals surface area (Å²) in [7, 11) is 1.64. The standard InChI is InChI=1S/C23H31N3O3/c1-17-14-24-22(19-9-12-29-13-10-19)26(17)16-18-4-3-11-25(15-18)23(27)20-5-7-21(28-2)8-6-20/h5-8,14,18-19H,3-4,9-13,15-16H2,1-2H3. The average molecular weight is 398 g/mol. The Hall–Kier alpha value is -2.34. The number of imidazole rings is 1. The van der Waals surface area contributed by atoms with Crippen LogP contribution in [0.2, 0.25) is 0 Å². The van der Waals surface area contributed by atoms with Crippen molar-refractivity contribution in [2.75, 3.05) is 33.4 Å². The van der Waals surface area contributed by atoms with Gasteiger partial charge in [0.2, 0.25) is 0 Å². The summed E-state index contributed by atoms with van der Waals surface area (Å²) in [6, 6.07) is 7.41. The monoisotopic (exact) mass is 397 g/mol. The van der Waals surface area contributed by atoms with Crippen molar-refractivity contribution in [3.63, 3.8) is 0 Å². The zero-order chi connectivity index (χ0) is 20.2. The van der Waals surface area contributed by atoms with E-state index in [1.54, 1.807) is 7.11 Å². The third kappa shape index (κ3) is 4.47. The minimum atomic E-state index is 0.115. The van der Waals surface area contributed by atoms with Gasteiger partial charge < -0.3 is 18.9 Å². The number of benzene rings is 1. The number of aryl methyl sites for hydroxylation is 1. The van der Waals surface area contributed by atoms with Crippen molar-refractivity contribution in [3.8, 4) is 5.75 Å². The number of hydrogen-bond acceptors (Lipinski definition) is 4. The van der Waals surface area contributed by atoms with E-state index in [4.69, 9.17) is 14.5 Å². The number of ether oxygens (including phenoxy) is 2. The second-order valence-electron chi connectivity index (χ2n) is 8.24. The molecule has 1 atom stereocenters. The van der Waals surface area contributed by atoms with Gasteiger partial charge in [-0.15, -0.1) is 0 Å². The van der Waals surface area contributed by atoms with Crippen LogP contribution in [0, 0.1) is 12.8 Å². The molecule has 0 N–H and O–H groups in total. The minimum Gasteiger partial charge on any atom is -0.497 e. The lowest BCUT2D eigenvalue weighted by Gasteiger charge is -2.34. The smallest absolute Gasteiger partial charge is 0.253 e. The molecule has 0 saturated carbocycles. The summed E-state index contributed by atoms with van der Waals surface area (Å²) >= 11 is 0. The first-order valence-corrected chi connectivity index (χ1v) is 10.7. The second kappa shape index (κ2) is 8.99. The van der Waals surface area contributed by atoms with Crippen molar-refractivity contribution in [1.82, 2.24) is 14.5 Å². The molecule has 29 heavy (non-hydrogen) atoms. The molecule has 2 aromatic rings. The van der Waals surface area contributed by atoms with Gasteiger partial charge in [0.1, 0.15) is 11.6 Å². The highest BCUT2D eigenvalue weighted by Crippen LogP contribution is 2.29. The van der Waals surface area contributed by atoms with E-state index in [0.717, 1.165) is 69.8 Å². The van der Waals surface area contributed by atoms with Crippen molar-refractivity contribution < 1.29 is 14.3 Å². The lowest BCUT2D eigenvalue weighted by atomic mass is 9.95. The fourth-order valence-corrected chi connectivity index (χ4v) is 4.57. The summed E-state index contributed by atoms with van der Waals surface area (Å²) in [6.45, 7) is 6.35. The molecule has 6 nitrogen and oxygen atoms in total. The SMILES string of the molecule is COc1ccc(C(=O)N2CCCC(Cn3c(C)cnc3C3CCOCC3)C2)cc1. The van der Waals surface area contributed by atoms with Gasteiger partial charge in [-0.25, -0.2) is 4.98 Å². The topological polar surface area (TPSA) is 56.6 Å². The average Bonchev–Trinajstić information content (AvgIpc) is 3.14. The summed E-state index contributed by atoms with van der Waals surface area (Å²) in [5.74, 6) is 3.03. The maximum Gasteiger partial charge on any atom is 0.253 e. The third-order valence-electron chi connectivity index (χ3n) is 6.26. The molecular formula is C23H31N3O3. The maximum absolute atomic E-state index is 13.0. The van der Waals surface area contributed by atoms with E-state index in [1.807, 2.05) is 35.4 Å². The third-order valence-corrected chi connectivity index (χ3v) is 6.26. The molecule has 1 amide bonds. The van der Waals surface area contributed by atoms with Crippen LogP contribution < -0.4 is 4.74 Å². The Morgan fingerprint density at radius 1 is 1.21 bits per heavy atom. The van der Waals surface area contributed by atoms with Gasteiger partial charge in [-0.05, 0) is 62.8 Å². The van der Waals surface area contributed by atoms with E-state index in [2.05, 4.69) is 11.5 Å². The molecule has 2 aliphatic heterocycles. The molecule has 3 heterocycles. The van der Waals surface area contributed by atoms with Crippen molar-refractivity contribution in [2.45, 2.75) is 45.1 Å². The lowest BCUT2D eigenvalue weighted by Crippen LogP contribution is -2.41. The predicted octanol–water partition coefficient (Wildman–Crippen LogP) is 3.65. The number of carbonyl (C=O) groups is 1. The highest BCUT2D eigenvalue weighted by Gasteiger charge is 2.27. The molecule has 0 aliphatic carbocycles. The van der Waals surface area contributed by atoms with Crippen LogP contribution in [0.3, 0.4) is 0 Å². The lowest BCUT2D eigenvalue weighted by molar-refractivity contribution is 0.0656. The molecule has 0 spiro atoms. The highest BCUT2D eigenvalue weighted by atomic mass is 16.5. The van der Waals surface area contributed by atoms with Gasteiger partial charge >= 0.3 is 0 Å². The Labute approximate surface area is 172 Å². The van der Waals surface area contributed by atoms with Crippen LogP contribution >= 0.6 is 0 Å². The summed E-state index contributed by atoms with van der Waals surface area (Å²) in [5.41, 5.74) is 1.94. The molecule has 0 bridgehead atoms. The number of piperidine rings is 1. The molecule has 1 aromatic heterocycles. The predicted molar refractivity (Wildman–Crippen MR) is 111 cm³/mol. The molecule has 6 heteroatoms. The van der Waals surface area contributed by atoms with Crippen LogP contribution in [-0.2, 0) is 11.3 Å². The van der Waals surface area contributed by atoms with Crippen LogP contribution in [0.25, 0.3) is 0 Å². The van der Waals surface area contributed by atoms with E-state index in [0.29, 0.717) is 11.8 Å². The number of carbonyl (C=O) groups excluding carboxylic acids is 1. The van der Waals surface area contributed by atoms with E-state index in [-0.39, 0.29) is 5.91 Å². The molecule has 2 saturated heterocycles. The largest absolute Gasteiger partial charge is 0.497 e. The zero-order valence-electron chi connectivity index (χ0n) is 17.5. The van der Waals surface area contributed by atoms with Crippen molar-refractivity contribution in [1.29, 1.82) is 0 Å².